The van der Waals surface area contributed by atoms with E-state index in [1.165, 1.54) is 24.0 Å². The van der Waals surface area contributed by atoms with E-state index >= 15 is 0 Å². The first kappa shape index (κ1) is 24.8. The van der Waals surface area contributed by atoms with E-state index in [1.807, 2.05) is 12.1 Å². The van der Waals surface area contributed by atoms with Gasteiger partial charge < -0.3 is 14.8 Å². The predicted octanol–water partition coefficient (Wildman–Crippen LogP) is 6.00. The maximum absolute atomic E-state index is 13.1. The number of alkyl halides is 3. The molecule has 4 aromatic heterocycles. The van der Waals surface area contributed by atoms with Crippen molar-refractivity contribution in [2.24, 2.45) is 7.05 Å². The van der Waals surface area contributed by atoms with Crippen molar-refractivity contribution in [3.63, 3.8) is 0 Å². The number of rotatable bonds is 5. The van der Waals surface area contributed by atoms with Crippen molar-refractivity contribution >= 4 is 17.0 Å². The number of carbonyl (C=O) groups is 1. The molecule has 0 spiro atoms. The molecule has 0 amide bonds. The number of fused-ring (bicyclic) bond motifs is 1. The van der Waals surface area contributed by atoms with Crippen LogP contribution in [0.2, 0.25) is 0 Å². The highest BCUT2D eigenvalue weighted by Crippen LogP contribution is 2.43. The van der Waals surface area contributed by atoms with Gasteiger partial charge in [-0.15, -0.1) is 0 Å². The van der Waals surface area contributed by atoms with Crippen LogP contribution in [0.3, 0.4) is 0 Å². The molecule has 0 aliphatic heterocycles. The molecule has 1 aliphatic carbocycles. The number of hydrogen-bond donors (Lipinski definition) is 2. The normalized spacial score (nSPS) is 14.6. The monoisotopic (exact) mass is 533 g/mol. The van der Waals surface area contributed by atoms with Crippen LogP contribution in [0.4, 0.5) is 18.0 Å². The number of pyridine rings is 2. The lowest BCUT2D eigenvalue weighted by atomic mass is 9.98. The molecular formula is C28H22F3N5O3. The zero-order chi connectivity index (χ0) is 27.5. The van der Waals surface area contributed by atoms with Crippen molar-refractivity contribution < 1.29 is 28.2 Å². The number of imidazole rings is 1. The Labute approximate surface area is 220 Å². The zero-order valence-corrected chi connectivity index (χ0v) is 20.6. The summed E-state index contributed by atoms with van der Waals surface area (Å²) < 4.78 is 41.5. The van der Waals surface area contributed by atoms with E-state index in [0.29, 0.717) is 39.2 Å². The first-order valence-corrected chi connectivity index (χ1v) is 12.2. The minimum absolute atomic E-state index is 0.129. The Morgan fingerprint density at radius 2 is 1.85 bits per heavy atom. The molecular weight excluding hydrogens is 511 g/mol. The van der Waals surface area contributed by atoms with Crippen molar-refractivity contribution in [2.75, 3.05) is 0 Å². The minimum Gasteiger partial charge on any atom is -0.464 e. The van der Waals surface area contributed by atoms with Gasteiger partial charge in [0.05, 0.1) is 23.1 Å². The van der Waals surface area contributed by atoms with Crippen LogP contribution in [0.25, 0.3) is 33.5 Å². The molecule has 5 aromatic rings. The third-order valence-electron chi connectivity index (χ3n) is 6.95. The van der Waals surface area contributed by atoms with Crippen LogP contribution in [0, 0.1) is 0 Å². The molecule has 8 nitrogen and oxygen atoms in total. The van der Waals surface area contributed by atoms with Crippen LogP contribution >= 0.6 is 0 Å². The second-order valence-electron chi connectivity index (χ2n) is 9.62. The van der Waals surface area contributed by atoms with Crippen molar-refractivity contribution in [3.05, 3.63) is 89.8 Å². The maximum atomic E-state index is 13.1. The molecule has 39 heavy (non-hydrogen) atoms. The van der Waals surface area contributed by atoms with E-state index in [-0.39, 0.29) is 5.82 Å². The highest BCUT2D eigenvalue weighted by atomic mass is 19.4. The number of nitrogens with zero attached hydrogens (tertiary/aromatic N) is 5. The molecule has 0 saturated heterocycles. The Morgan fingerprint density at radius 3 is 2.49 bits per heavy atom. The Kier molecular flexibility index (Phi) is 5.76. The smallest absolute Gasteiger partial charge is 0.434 e. The van der Waals surface area contributed by atoms with E-state index in [1.54, 1.807) is 36.5 Å². The van der Waals surface area contributed by atoms with Crippen LogP contribution < -0.4 is 0 Å². The number of benzene rings is 1. The van der Waals surface area contributed by atoms with Crippen molar-refractivity contribution in [3.8, 4) is 22.6 Å². The van der Waals surface area contributed by atoms with Gasteiger partial charge in [-0.3, -0.25) is 14.5 Å². The van der Waals surface area contributed by atoms with E-state index < -0.39 is 24.1 Å². The van der Waals surface area contributed by atoms with Gasteiger partial charge in [-0.2, -0.15) is 13.2 Å². The average Bonchev–Trinajstić information content (AvgIpc) is 3.58. The van der Waals surface area contributed by atoms with Crippen LogP contribution in [0.5, 0.6) is 0 Å². The Balaban J connectivity index is 1.39. The maximum Gasteiger partial charge on any atom is 0.434 e. The van der Waals surface area contributed by atoms with Gasteiger partial charge in [-0.05, 0) is 36.6 Å². The summed E-state index contributed by atoms with van der Waals surface area (Å²) in [4.78, 5) is 24.7. The van der Waals surface area contributed by atoms with Crippen molar-refractivity contribution in [2.45, 2.75) is 31.0 Å². The molecule has 6 rings (SSSR count). The predicted molar refractivity (Wildman–Crippen MR) is 136 cm³/mol. The van der Waals surface area contributed by atoms with Crippen molar-refractivity contribution in [1.82, 2.24) is 24.1 Å². The van der Waals surface area contributed by atoms with Gasteiger partial charge in [-0.25, -0.2) is 9.78 Å². The molecule has 2 N–H and O–H groups in total. The molecule has 0 radical (unpaired) electrons. The lowest BCUT2D eigenvalue weighted by Gasteiger charge is -2.12. The van der Waals surface area contributed by atoms with Gasteiger partial charge in [0.15, 0.2) is 5.69 Å². The average molecular weight is 534 g/mol. The molecule has 1 unspecified atom stereocenters. The SMILES string of the molecule is Cn1cc(C(F)(F)F)nc1-c1ccc(C(O)c2cn(C(=O)O)c3cnc(-c4cccnc4C4CC4)cc23)cc1. The topological polar surface area (TPSA) is 106 Å². The fraction of sp³-hybridized carbons (Fsp3) is 0.214. The van der Waals surface area contributed by atoms with Crippen LogP contribution in [0.15, 0.2) is 67.3 Å². The number of halogens is 3. The summed E-state index contributed by atoms with van der Waals surface area (Å²) in [7, 11) is 1.48. The first-order valence-electron chi connectivity index (χ1n) is 12.2. The number of carboxylic acid groups (broad SMARTS) is 1. The van der Waals surface area contributed by atoms with Crippen LogP contribution in [-0.2, 0) is 13.2 Å². The van der Waals surface area contributed by atoms with Crippen LogP contribution in [-0.4, -0.2) is 40.4 Å². The van der Waals surface area contributed by atoms with Crippen molar-refractivity contribution in [1.29, 1.82) is 0 Å². The van der Waals surface area contributed by atoms with Crippen LogP contribution in [0.1, 0.15) is 47.4 Å². The molecule has 1 aromatic carbocycles. The summed E-state index contributed by atoms with van der Waals surface area (Å²) in [5.41, 5.74) is 3.00. The van der Waals surface area contributed by atoms with Gasteiger partial charge >= 0.3 is 12.3 Å². The third-order valence-corrected chi connectivity index (χ3v) is 6.95. The number of aliphatic hydroxyl groups is 1. The fourth-order valence-electron chi connectivity index (χ4n) is 4.85. The minimum atomic E-state index is -4.56. The highest BCUT2D eigenvalue weighted by molar-refractivity contribution is 5.93. The standard InChI is InChI=1S/C28H22F3N5O3/c1-35-14-23(28(29,30)31)34-26(35)17-8-6-16(7-9-17)25(37)20-13-36(27(38)39)22-12-33-21(11-19(20)22)18-3-2-10-32-24(18)15-4-5-15/h2-3,6-15,25,37H,4-5H2,1H3,(H,38,39). The third kappa shape index (κ3) is 4.44. The molecule has 1 atom stereocenters. The quantitative estimate of drug-likeness (QED) is 0.287. The Bertz CT molecular complexity index is 1720. The molecule has 1 fully saturated rings. The molecule has 1 aliphatic rings. The van der Waals surface area contributed by atoms with Gasteiger partial charge in [0.2, 0.25) is 0 Å². The van der Waals surface area contributed by atoms with Gasteiger partial charge in [-0.1, -0.05) is 24.3 Å². The Morgan fingerprint density at radius 1 is 1.10 bits per heavy atom. The number of aromatic nitrogens is 5. The van der Waals surface area contributed by atoms with Gasteiger partial charge in [0.25, 0.3) is 0 Å². The number of aryl methyl sites for hydroxylation is 1. The summed E-state index contributed by atoms with van der Waals surface area (Å²) >= 11 is 0. The Hall–Kier alpha value is -4.51. The summed E-state index contributed by atoms with van der Waals surface area (Å²) in [5.74, 6) is 0.501. The summed E-state index contributed by atoms with van der Waals surface area (Å²) in [6, 6.07) is 11.8. The van der Waals surface area contributed by atoms with E-state index in [2.05, 4.69) is 15.0 Å². The molecule has 1 saturated carbocycles. The van der Waals surface area contributed by atoms with E-state index in [0.717, 1.165) is 34.9 Å². The van der Waals surface area contributed by atoms with Gasteiger partial charge in [0, 0.05) is 53.6 Å². The molecule has 4 heterocycles. The number of hydrogen-bond acceptors (Lipinski definition) is 5. The largest absolute Gasteiger partial charge is 0.464 e. The zero-order valence-electron chi connectivity index (χ0n) is 20.6. The lowest BCUT2D eigenvalue weighted by molar-refractivity contribution is -0.140. The van der Waals surface area contributed by atoms with E-state index in [4.69, 9.17) is 0 Å². The second-order valence-corrected chi connectivity index (χ2v) is 9.62. The molecule has 11 heteroatoms. The van der Waals surface area contributed by atoms with E-state index in [9.17, 15) is 28.2 Å². The van der Waals surface area contributed by atoms with Gasteiger partial charge in [0.1, 0.15) is 11.9 Å². The lowest BCUT2D eigenvalue weighted by Crippen LogP contribution is -2.06. The number of aliphatic hydroxyl groups excluding tert-OH is 1. The summed E-state index contributed by atoms with van der Waals surface area (Å²) in [6.45, 7) is 0. The summed E-state index contributed by atoms with van der Waals surface area (Å²) in [5, 5.41) is 21.6. The summed E-state index contributed by atoms with van der Waals surface area (Å²) in [6.07, 6.45) is 0.603. The first-order chi connectivity index (χ1) is 18.6. The second kappa shape index (κ2) is 9.05. The molecule has 0 bridgehead atoms. The highest BCUT2D eigenvalue weighted by Gasteiger charge is 2.34. The fourth-order valence-corrected chi connectivity index (χ4v) is 4.85. The molecule has 198 valence electrons.